The van der Waals surface area contributed by atoms with E-state index in [1.165, 1.54) is 19.1 Å². The van der Waals surface area contributed by atoms with Crippen LogP contribution in [0.2, 0.25) is 0 Å². The third-order valence-corrected chi connectivity index (χ3v) is 8.10. The smallest absolute Gasteiger partial charge is 0.190 e. The minimum absolute atomic E-state index is 0. The Labute approximate surface area is 195 Å². The Morgan fingerprint density at radius 1 is 0.500 bits per heavy atom. The van der Waals surface area contributed by atoms with Gasteiger partial charge in [0.1, 0.15) is 6.15 Å². The third kappa shape index (κ3) is 2.88. The molecule has 4 rings (SSSR count). The van der Waals surface area contributed by atoms with Gasteiger partial charge >= 0.3 is 58.2 Å². The van der Waals surface area contributed by atoms with E-state index in [0.717, 1.165) is 0 Å². The van der Waals surface area contributed by atoms with Crippen molar-refractivity contribution in [1.82, 2.24) is 0 Å². The van der Waals surface area contributed by atoms with Crippen molar-refractivity contribution in [3.63, 3.8) is 0 Å². The van der Waals surface area contributed by atoms with Crippen LogP contribution in [0.5, 0.6) is 0 Å². The Hall–Kier alpha value is 0.670. The van der Waals surface area contributed by atoms with E-state index in [1.807, 2.05) is 45.3 Å². The van der Waals surface area contributed by atoms with Gasteiger partial charge in [-0.3, -0.25) is 0 Å². The van der Waals surface area contributed by atoms with Crippen molar-refractivity contribution >= 4 is 70.6 Å². The minimum Gasteiger partial charge on any atom is -0.190 e. The molecule has 0 saturated carbocycles. The molecule has 0 aliphatic heterocycles. The summed E-state index contributed by atoms with van der Waals surface area (Å²) >= 11 is 7.49. The summed E-state index contributed by atoms with van der Waals surface area (Å²) in [6.45, 7) is 0. The molecular formula is C16H12BRbS4. The number of hydrogen-bond acceptors (Lipinski definition) is 4. The van der Waals surface area contributed by atoms with Gasteiger partial charge in [0, 0.05) is 0 Å². The molecule has 104 valence electrons. The van der Waals surface area contributed by atoms with Crippen LogP contribution in [0, 0.1) is 0 Å². The minimum atomic E-state index is -0.981. The maximum absolute atomic E-state index is 2.30. The summed E-state index contributed by atoms with van der Waals surface area (Å²) in [6, 6.07) is 17.9. The molecule has 0 aliphatic carbocycles. The molecule has 0 N–H and O–H groups in total. The average Bonchev–Trinajstić information content (AvgIpc) is 3.32. The third-order valence-electron chi connectivity index (χ3n) is 3.88. The topological polar surface area (TPSA) is 0 Å². The van der Waals surface area contributed by atoms with Gasteiger partial charge in [-0.2, -0.15) is 45.3 Å². The Balaban J connectivity index is 0.00000144. The summed E-state index contributed by atoms with van der Waals surface area (Å²) in [5, 5.41) is 8.78. The van der Waals surface area contributed by atoms with Crippen LogP contribution in [0.1, 0.15) is 0 Å². The average molecular weight is 429 g/mol. The van der Waals surface area contributed by atoms with Crippen molar-refractivity contribution < 1.29 is 58.2 Å². The largest absolute Gasteiger partial charge is 1.00 e. The number of hydrogen-bond donors (Lipinski definition) is 0. The van der Waals surface area contributed by atoms with Crippen LogP contribution in [-0.2, 0) is 0 Å². The quantitative estimate of drug-likeness (QED) is 0.411. The fourth-order valence-electron chi connectivity index (χ4n) is 2.99. The van der Waals surface area contributed by atoms with E-state index in [2.05, 4.69) is 70.1 Å². The molecule has 0 fully saturated rings. The molecule has 4 aromatic rings. The molecule has 22 heavy (non-hydrogen) atoms. The Morgan fingerprint density at radius 3 is 0.955 bits per heavy atom. The molecule has 0 saturated heterocycles. The van der Waals surface area contributed by atoms with Crippen molar-refractivity contribution in [3.05, 3.63) is 70.1 Å². The second-order valence-electron chi connectivity index (χ2n) is 4.93. The van der Waals surface area contributed by atoms with E-state index < -0.39 is 6.15 Å². The molecule has 4 aromatic heterocycles. The summed E-state index contributed by atoms with van der Waals surface area (Å²) in [5.41, 5.74) is 0. The van der Waals surface area contributed by atoms with Crippen LogP contribution < -0.4 is 77.3 Å². The normalized spacial score (nSPS) is 11.3. The van der Waals surface area contributed by atoms with Gasteiger partial charge in [0.15, 0.2) is 0 Å². The maximum atomic E-state index is 2.30. The summed E-state index contributed by atoms with van der Waals surface area (Å²) < 4.78 is 5.84. The Kier molecular flexibility index (Phi) is 6.12. The monoisotopic (exact) mass is 428 g/mol. The fraction of sp³-hybridized carbons (Fsp3) is 0. The summed E-state index contributed by atoms with van der Waals surface area (Å²) in [7, 11) is 0. The zero-order valence-corrected chi connectivity index (χ0v) is 20.3. The van der Waals surface area contributed by atoms with E-state index in [0.29, 0.717) is 0 Å². The van der Waals surface area contributed by atoms with Gasteiger partial charge in [0.05, 0.1) is 0 Å². The molecule has 0 atom stereocenters. The second kappa shape index (κ2) is 7.70. The SMILES string of the molecule is [Rb+].c1csc([B-](c2cccs2)(c2cccs2)c2cccs2)c1. The van der Waals surface area contributed by atoms with Gasteiger partial charge in [0.25, 0.3) is 0 Å². The predicted octanol–water partition coefficient (Wildman–Crippen LogP) is 0.314. The first-order chi connectivity index (χ1) is 10.4. The van der Waals surface area contributed by atoms with Crippen LogP contribution in [0.3, 0.4) is 0 Å². The standard InChI is InChI=1S/C16H12BS4.Rb/c1-5-13(18-9-1)17(14-6-2-10-19-14,15-7-3-11-20-15)16-8-4-12-21-16;/h1-12H;/q-1;+1. The molecule has 0 aliphatic rings. The molecule has 0 aromatic carbocycles. The molecule has 4 heterocycles. The molecule has 0 spiro atoms. The van der Waals surface area contributed by atoms with Crippen LogP contribution in [0.25, 0.3) is 0 Å². The number of rotatable bonds is 4. The second-order valence-corrected chi connectivity index (χ2v) is 8.84. The molecule has 0 radical (unpaired) electrons. The summed E-state index contributed by atoms with van der Waals surface area (Å²) in [4.78, 5) is 0. The molecule has 0 amide bonds. The van der Waals surface area contributed by atoms with Gasteiger partial charge in [-0.1, -0.05) is 48.5 Å². The van der Waals surface area contributed by atoms with E-state index in [-0.39, 0.29) is 58.2 Å². The molecular weight excluding hydrogens is 417 g/mol. The zero-order chi connectivity index (χ0) is 14.1. The first-order valence-electron chi connectivity index (χ1n) is 6.74. The van der Waals surface area contributed by atoms with E-state index >= 15 is 0 Å². The zero-order valence-electron chi connectivity index (χ0n) is 12.1. The first-order valence-corrected chi connectivity index (χ1v) is 10.3. The van der Waals surface area contributed by atoms with Crippen LogP contribution in [0.4, 0.5) is 0 Å². The molecule has 0 nitrogen and oxygen atoms in total. The van der Waals surface area contributed by atoms with E-state index in [1.54, 1.807) is 0 Å². The van der Waals surface area contributed by atoms with Gasteiger partial charge in [-0.25, -0.2) is 0 Å². The maximum Gasteiger partial charge on any atom is 1.00 e. The van der Waals surface area contributed by atoms with E-state index in [4.69, 9.17) is 0 Å². The molecule has 0 bridgehead atoms. The van der Waals surface area contributed by atoms with Crippen molar-refractivity contribution in [1.29, 1.82) is 0 Å². The Bertz CT molecular complexity index is 644. The van der Waals surface area contributed by atoms with Crippen LogP contribution in [-0.4, -0.2) is 6.15 Å². The first kappa shape index (κ1) is 17.5. The van der Waals surface area contributed by atoms with Gasteiger partial charge in [-0.15, -0.1) is 19.1 Å². The Morgan fingerprint density at radius 2 is 0.773 bits per heavy atom. The fourth-order valence-corrected chi connectivity index (χ4v) is 7.67. The van der Waals surface area contributed by atoms with Crippen LogP contribution >= 0.6 is 45.3 Å². The van der Waals surface area contributed by atoms with Crippen molar-refractivity contribution in [2.24, 2.45) is 0 Å². The predicted molar refractivity (Wildman–Crippen MR) is 102 cm³/mol. The van der Waals surface area contributed by atoms with Gasteiger partial charge in [0.2, 0.25) is 0 Å². The van der Waals surface area contributed by atoms with E-state index in [9.17, 15) is 0 Å². The summed E-state index contributed by atoms with van der Waals surface area (Å²) in [5.74, 6) is 0. The van der Waals surface area contributed by atoms with Crippen LogP contribution in [0.15, 0.2) is 70.1 Å². The van der Waals surface area contributed by atoms with Crippen molar-refractivity contribution in [2.75, 3.05) is 0 Å². The summed E-state index contributed by atoms with van der Waals surface area (Å²) in [6.07, 6.45) is -0.981. The van der Waals surface area contributed by atoms with Gasteiger partial charge in [-0.05, 0) is 21.5 Å². The van der Waals surface area contributed by atoms with Gasteiger partial charge < -0.3 is 0 Å². The van der Waals surface area contributed by atoms with Crippen molar-refractivity contribution in [2.45, 2.75) is 0 Å². The molecule has 0 unspecified atom stereocenters. The number of thiophene rings is 4. The molecule has 6 heteroatoms. The van der Waals surface area contributed by atoms with Crippen molar-refractivity contribution in [3.8, 4) is 0 Å².